The fourth-order valence-corrected chi connectivity index (χ4v) is 2.79. The first-order valence-corrected chi connectivity index (χ1v) is 7.34. The van der Waals surface area contributed by atoms with E-state index in [4.69, 9.17) is 17.4 Å². The number of benzene rings is 3. The van der Waals surface area contributed by atoms with Gasteiger partial charge in [0.25, 0.3) is 0 Å². The summed E-state index contributed by atoms with van der Waals surface area (Å²) in [4.78, 5) is 0. The average Bonchev–Trinajstić information content (AvgIpc) is 2.54. The molecule has 0 aliphatic heterocycles. The molecule has 0 spiro atoms. The molecule has 0 bridgehead atoms. The van der Waals surface area contributed by atoms with Crippen LogP contribution in [0.1, 0.15) is 17.2 Å². The number of hydrogen-bond acceptors (Lipinski definition) is 2. The number of rotatable bonds is 4. The molecule has 0 fully saturated rings. The van der Waals surface area contributed by atoms with E-state index in [1.54, 1.807) is 0 Å². The van der Waals surface area contributed by atoms with E-state index in [2.05, 4.69) is 35.8 Å². The number of hydrogen-bond donors (Lipinski definition) is 2. The summed E-state index contributed by atoms with van der Waals surface area (Å²) in [5.74, 6) is 5.75. The molecule has 21 heavy (non-hydrogen) atoms. The minimum atomic E-state index is 0.0366. The molecule has 0 aliphatic rings. The minimum Gasteiger partial charge on any atom is -0.271 e. The first kappa shape index (κ1) is 14.1. The van der Waals surface area contributed by atoms with E-state index in [1.165, 1.54) is 10.8 Å². The predicted molar refractivity (Wildman–Crippen MR) is 89.2 cm³/mol. The van der Waals surface area contributed by atoms with Crippen LogP contribution in [0.3, 0.4) is 0 Å². The first-order valence-electron chi connectivity index (χ1n) is 6.96. The predicted octanol–water partition coefficient (Wildman–Crippen LogP) is 4.24. The summed E-state index contributed by atoms with van der Waals surface area (Å²) in [6.07, 6.45) is 0.758. The van der Waals surface area contributed by atoms with Gasteiger partial charge >= 0.3 is 0 Å². The van der Waals surface area contributed by atoms with Crippen LogP contribution in [0.5, 0.6) is 0 Å². The molecule has 0 saturated carbocycles. The largest absolute Gasteiger partial charge is 0.271 e. The topological polar surface area (TPSA) is 38.0 Å². The summed E-state index contributed by atoms with van der Waals surface area (Å²) in [5, 5.41) is 3.22. The maximum absolute atomic E-state index is 6.24. The lowest BCUT2D eigenvalue weighted by Gasteiger charge is -2.18. The Balaban J connectivity index is 1.93. The highest BCUT2D eigenvalue weighted by Gasteiger charge is 2.12. The van der Waals surface area contributed by atoms with Crippen molar-refractivity contribution in [3.05, 3.63) is 82.9 Å². The smallest absolute Gasteiger partial charge is 0.0501 e. The van der Waals surface area contributed by atoms with Crippen LogP contribution in [0.4, 0.5) is 0 Å². The zero-order valence-corrected chi connectivity index (χ0v) is 12.3. The van der Waals surface area contributed by atoms with Crippen molar-refractivity contribution < 1.29 is 0 Å². The van der Waals surface area contributed by atoms with Crippen molar-refractivity contribution in [2.75, 3.05) is 0 Å². The van der Waals surface area contributed by atoms with Gasteiger partial charge in [-0.2, -0.15) is 0 Å². The Hall–Kier alpha value is -1.87. The van der Waals surface area contributed by atoms with Gasteiger partial charge in [0, 0.05) is 5.02 Å². The molecule has 106 valence electrons. The zero-order valence-electron chi connectivity index (χ0n) is 11.6. The lowest BCUT2D eigenvalue weighted by atomic mass is 9.97. The number of nitrogens with two attached hydrogens (primary N) is 1. The summed E-state index contributed by atoms with van der Waals surface area (Å²) in [7, 11) is 0. The second kappa shape index (κ2) is 6.27. The van der Waals surface area contributed by atoms with Crippen LogP contribution in [0.2, 0.25) is 5.02 Å². The Bertz CT molecular complexity index is 755. The van der Waals surface area contributed by atoms with Gasteiger partial charge in [0.15, 0.2) is 0 Å². The number of nitrogens with one attached hydrogen (secondary N) is 1. The van der Waals surface area contributed by atoms with Crippen molar-refractivity contribution in [3.8, 4) is 0 Å². The van der Waals surface area contributed by atoms with Crippen LogP contribution in [0.15, 0.2) is 66.7 Å². The van der Waals surface area contributed by atoms with E-state index in [0.29, 0.717) is 0 Å². The zero-order chi connectivity index (χ0) is 14.7. The molecule has 3 aromatic rings. The van der Waals surface area contributed by atoms with Gasteiger partial charge in [-0.25, -0.2) is 0 Å². The third kappa shape index (κ3) is 3.08. The summed E-state index contributed by atoms with van der Waals surface area (Å²) in [5.41, 5.74) is 5.16. The van der Waals surface area contributed by atoms with E-state index in [-0.39, 0.29) is 6.04 Å². The van der Waals surface area contributed by atoms with Crippen LogP contribution in [0, 0.1) is 0 Å². The fourth-order valence-electron chi connectivity index (χ4n) is 2.58. The van der Waals surface area contributed by atoms with E-state index >= 15 is 0 Å². The average molecular weight is 297 g/mol. The van der Waals surface area contributed by atoms with Crippen molar-refractivity contribution in [1.29, 1.82) is 0 Å². The second-order valence-corrected chi connectivity index (χ2v) is 5.53. The van der Waals surface area contributed by atoms with Gasteiger partial charge in [0.2, 0.25) is 0 Å². The van der Waals surface area contributed by atoms with Crippen molar-refractivity contribution in [1.82, 2.24) is 5.43 Å². The molecule has 0 aromatic heterocycles. The van der Waals surface area contributed by atoms with Crippen molar-refractivity contribution in [2.24, 2.45) is 5.84 Å². The van der Waals surface area contributed by atoms with Gasteiger partial charge in [0.05, 0.1) is 6.04 Å². The Morgan fingerprint density at radius 3 is 2.38 bits per heavy atom. The van der Waals surface area contributed by atoms with Crippen molar-refractivity contribution >= 4 is 22.4 Å². The third-order valence-electron chi connectivity index (χ3n) is 3.76. The Morgan fingerprint density at radius 1 is 0.905 bits per heavy atom. The number of hydrazine groups is 1. The molecule has 0 saturated heterocycles. The van der Waals surface area contributed by atoms with Crippen molar-refractivity contribution in [3.63, 3.8) is 0 Å². The molecule has 0 heterocycles. The third-order valence-corrected chi connectivity index (χ3v) is 4.13. The quantitative estimate of drug-likeness (QED) is 0.558. The lowest BCUT2D eigenvalue weighted by molar-refractivity contribution is 0.552. The fraction of sp³-hybridized carbons (Fsp3) is 0.111. The standard InChI is InChI=1S/C18H17ClN2/c19-17-8-4-3-7-15(17)12-18(21-20)16-10-9-13-5-1-2-6-14(13)11-16/h1-11,18,21H,12,20H2. The lowest BCUT2D eigenvalue weighted by Crippen LogP contribution is -2.29. The molecule has 0 radical (unpaired) electrons. The van der Waals surface area contributed by atoms with Gasteiger partial charge in [-0.3, -0.25) is 11.3 Å². The van der Waals surface area contributed by atoms with Crippen LogP contribution in [0.25, 0.3) is 10.8 Å². The molecule has 3 rings (SSSR count). The van der Waals surface area contributed by atoms with E-state index in [1.807, 2.05) is 36.4 Å². The summed E-state index contributed by atoms with van der Waals surface area (Å²) in [6, 6.07) is 22.6. The highest BCUT2D eigenvalue weighted by atomic mass is 35.5. The normalized spacial score (nSPS) is 12.5. The van der Waals surface area contributed by atoms with Gasteiger partial charge in [-0.15, -0.1) is 0 Å². The van der Waals surface area contributed by atoms with E-state index in [9.17, 15) is 0 Å². The van der Waals surface area contributed by atoms with Gasteiger partial charge in [0.1, 0.15) is 0 Å². The summed E-state index contributed by atoms with van der Waals surface area (Å²) >= 11 is 6.24. The first-order chi connectivity index (χ1) is 10.3. The van der Waals surface area contributed by atoms with E-state index < -0.39 is 0 Å². The summed E-state index contributed by atoms with van der Waals surface area (Å²) in [6.45, 7) is 0. The molecular weight excluding hydrogens is 280 g/mol. The molecular formula is C18H17ClN2. The molecule has 3 N–H and O–H groups in total. The molecule has 3 heteroatoms. The molecule has 0 amide bonds. The van der Waals surface area contributed by atoms with Gasteiger partial charge in [-0.1, -0.05) is 66.2 Å². The maximum atomic E-state index is 6.24. The molecule has 0 aliphatic carbocycles. The summed E-state index contributed by atoms with van der Waals surface area (Å²) < 4.78 is 0. The molecule has 2 nitrogen and oxygen atoms in total. The monoisotopic (exact) mass is 296 g/mol. The molecule has 1 unspecified atom stereocenters. The van der Waals surface area contributed by atoms with Gasteiger partial charge < -0.3 is 0 Å². The highest BCUT2D eigenvalue weighted by Crippen LogP contribution is 2.25. The maximum Gasteiger partial charge on any atom is 0.0501 e. The van der Waals surface area contributed by atoms with Crippen LogP contribution >= 0.6 is 11.6 Å². The number of fused-ring (bicyclic) bond motifs is 1. The molecule has 1 atom stereocenters. The van der Waals surface area contributed by atoms with E-state index in [0.717, 1.165) is 22.6 Å². The van der Waals surface area contributed by atoms with Crippen LogP contribution in [-0.2, 0) is 6.42 Å². The van der Waals surface area contributed by atoms with Gasteiger partial charge in [-0.05, 0) is 40.5 Å². The van der Waals surface area contributed by atoms with Crippen LogP contribution < -0.4 is 11.3 Å². The Labute approximate surface area is 129 Å². The Kier molecular flexibility index (Phi) is 4.20. The molecule has 3 aromatic carbocycles. The highest BCUT2D eigenvalue weighted by molar-refractivity contribution is 6.31. The number of halogens is 1. The van der Waals surface area contributed by atoms with Crippen LogP contribution in [-0.4, -0.2) is 0 Å². The minimum absolute atomic E-state index is 0.0366. The SMILES string of the molecule is NNC(Cc1ccccc1Cl)c1ccc2ccccc2c1. The van der Waals surface area contributed by atoms with Crippen molar-refractivity contribution in [2.45, 2.75) is 12.5 Å². The second-order valence-electron chi connectivity index (χ2n) is 5.12. The Morgan fingerprint density at radius 2 is 1.62 bits per heavy atom.